The summed E-state index contributed by atoms with van der Waals surface area (Å²) in [4.78, 5) is 38.3. The summed E-state index contributed by atoms with van der Waals surface area (Å²) in [6.45, 7) is 6.32. The maximum absolute atomic E-state index is 12.9. The molecule has 0 amide bonds. The number of esters is 3. The van der Waals surface area contributed by atoms with Gasteiger partial charge < -0.3 is 14.2 Å². The van der Waals surface area contributed by atoms with E-state index in [2.05, 4.69) is 191 Å². The SMILES string of the molecule is CC/C=C\C/C=C\C/C=C\C/C=C\C/C=C\C/C=C\C/C=C\C/C=C\C/C=C\CCCCCCCC(=O)OCC(COC(=O)CCCCCCC/C=C\C/C=C\CCCC)OC(=O)CCCCCCC/C=C\C/C=C\C/C=C\CC. The van der Waals surface area contributed by atoms with E-state index in [4.69, 9.17) is 14.2 Å². The lowest BCUT2D eigenvalue weighted by Gasteiger charge is -2.18. The fourth-order valence-corrected chi connectivity index (χ4v) is 8.17. The number of rotatable bonds is 56. The molecule has 448 valence electrons. The van der Waals surface area contributed by atoms with E-state index in [1.165, 1.54) is 19.3 Å². The van der Waals surface area contributed by atoms with Crippen LogP contribution in [0.1, 0.15) is 258 Å². The summed E-state index contributed by atoms with van der Waals surface area (Å²) in [5, 5.41) is 0. The first kappa shape index (κ1) is 74.8. The van der Waals surface area contributed by atoms with Gasteiger partial charge in [0.15, 0.2) is 6.10 Å². The highest BCUT2D eigenvalue weighted by Crippen LogP contribution is 2.13. The predicted octanol–water partition coefficient (Wildman–Crippen LogP) is 22.3. The molecule has 0 heterocycles. The van der Waals surface area contributed by atoms with Gasteiger partial charge in [0.2, 0.25) is 0 Å². The van der Waals surface area contributed by atoms with E-state index in [1.807, 2.05) is 0 Å². The van der Waals surface area contributed by atoms with E-state index >= 15 is 0 Å². The first-order valence-corrected chi connectivity index (χ1v) is 32.1. The highest BCUT2D eigenvalue weighted by molar-refractivity contribution is 5.71. The van der Waals surface area contributed by atoms with Crippen molar-refractivity contribution < 1.29 is 28.6 Å². The molecule has 0 spiro atoms. The third-order valence-corrected chi connectivity index (χ3v) is 12.9. The largest absolute Gasteiger partial charge is 0.462 e. The van der Waals surface area contributed by atoms with Crippen molar-refractivity contribution in [1.29, 1.82) is 0 Å². The number of unbranched alkanes of at least 4 members (excludes halogenated alkanes) is 17. The Balaban J connectivity index is 4.37. The van der Waals surface area contributed by atoms with Crippen LogP contribution in [0.5, 0.6) is 0 Å². The van der Waals surface area contributed by atoms with Crippen LogP contribution in [0.4, 0.5) is 0 Å². The first-order chi connectivity index (χ1) is 39.5. The predicted molar refractivity (Wildman–Crippen MR) is 348 cm³/mol. The smallest absolute Gasteiger partial charge is 0.306 e. The van der Waals surface area contributed by atoms with Crippen LogP contribution >= 0.6 is 0 Å². The van der Waals surface area contributed by atoms with Crippen LogP contribution < -0.4 is 0 Å². The second-order valence-corrected chi connectivity index (χ2v) is 20.5. The van der Waals surface area contributed by atoms with Crippen molar-refractivity contribution in [2.45, 2.75) is 264 Å². The fourth-order valence-electron chi connectivity index (χ4n) is 8.17. The number of hydrogen-bond acceptors (Lipinski definition) is 6. The second kappa shape index (κ2) is 66.3. The van der Waals surface area contributed by atoms with Crippen LogP contribution in [0.3, 0.4) is 0 Å². The zero-order valence-electron chi connectivity index (χ0n) is 51.3. The zero-order valence-corrected chi connectivity index (χ0v) is 51.3. The number of carbonyl (C=O) groups is 3. The van der Waals surface area contributed by atoms with Gasteiger partial charge in [0, 0.05) is 19.3 Å². The molecule has 0 fully saturated rings. The van der Waals surface area contributed by atoms with Gasteiger partial charge >= 0.3 is 17.9 Å². The minimum Gasteiger partial charge on any atom is -0.462 e. The summed E-state index contributed by atoms with van der Waals surface area (Å²) < 4.78 is 16.9. The Morgan fingerprint density at radius 1 is 0.263 bits per heavy atom. The normalized spacial score (nSPS) is 13.3. The third kappa shape index (κ3) is 63.6. The molecule has 0 aliphatic heterocycles. The van der Waals surface area contributed by atoms with Gasteiger partial charge in [-0.25, -0.2) is 0 Å². The Morgan fingerprint density at radius 2 is 0.487 bits per heavy atom. The molecule has 0 saturated heterocycles. The van der Waals surface area contributed by atoms with E-state index in [0.717, 1.165) is 199 Å². The van der Waals surface area contributed by atoms with Crippen LogP contribution in [0, 0.1) is 0 Å². The third-order valence-electron chi connectivity index (χ3n) is 12.9. The maximum Gasteiger partial charge on any atom is 0.306 e. The van der Waals surface area contributed by atoms with Crippen molar-refractivity contribution in [1.82, 2.24) is 0 Å². The zero-order chi connectivity index (χ0) is 57.8. The van der Waals surface area contributed by atoms with Crippen molar-refractivity contribution in [2.75, 3.05) is 13.2 Å². The molecule has 0 rings (SSSR count). The van der Waals surface area contributed by atoms with Gasteiger partial charge in [-0.15, -0.1) is 0 Å². The quantitative estimate of drug-likeness (QED) is 0.0261. The lowest BCUT2D eigenvalue weighted by molar-refractivity contribution is -0.167. The Bertz CT molecular complexity index is 1840. The molecule has 0 saturated carbocycles. The maximum atomic E-state index is 12.9. The van der Waals surface area contributed by atoms with Gasteiger partial charge in [0.1, 0.15) is 13.2 Å². The molecule has 1 unspecified atom stereocenters. The molecule has 0 aromatic carbocycles. The molecule has 6 heteroatoms. The summed E-state index contributed by atoms with van der Waals surface area (Å²) in [5.74, 6) is -0.961. The molecule has 0 radical (unpaired) electrons. The molecular formula is C74H116O6. The Kier molecular flexibility index (Phi) is 61.9. The summed E-state index contributed by atoms with van der Waals surface area (Å²) in [7, 11) is 0. The molecule has 6 nitrogen and oxygen atoms in total. The molecule has 0 aromatic rings. The minimum absolute atomic E-state index is 0.106. The van der Waals surface area contributed by atoms with Crippen LogP contribution in [0.15, 0.2) is 170 Å². The van der Waals surface area contributed by atoms with Crippen molar-refractivity contribution >= 4 is 17.9 Å². The number of allylic oxidation sites excluding steroid dienone is 28. The van der Waals surface area contributed by atoms with E-state index in [1.54, 1.807) is 0 Å². The van der Waals surface area contributed by atoms with Crippen LogP contribution in [-0.4, -0.2) is 37.2 Å². The van der Waals surface area contributed by atoms with E-state index < -0.39 is 6.10 Å². The second-order valence-electron chi connectivity index (χ2n) is 20.5. The number of ether oxygens (including phenoxy) is 3. The van der Waals surface area contributed by atoms with Crippen molar-refractivity contribution in [2.24, 2.45) is 0 Å². The monoisotopic (exact) mass is 1100 g/mol. The van der Waals surface area contributed by atoms with Gasteiger partial charge in [-0.2, -0.15) is 0 Å². The number of hydrogen-bond donors (Lipinski definition) is 0. The molecule has 0 aliphatic carbocycles. The molecule has 0 bridgehead atoms. The van der Waals surface area contributed by atoms with Crippen molar-refractivity contribution in [3.8, 4) is 0 Å². The highest BCUT2D eigenvalue weighted by Gasteiger charge is 2.19. The van der Waals surface area contributed by atoms with Gasteiger partial charge in [-0.05, 0) is 148 Å². The fraction of sp³-hybridized carbons (Fsp3) is 0.581. The van der Waals surface area contributed by atoms with Gasteiger partial charge in [-0.1, -0.05) is 262 Å². The topological polar surface area (TPSA) is 78.9 Å². The molecular weight excluding hydrogens is 985 g/mol. The standard InChI is InChI=1S/C74H116O6/c1-4-7-10-13-16-19-22-25-28-29-30-31-32-33-34-35-36-37-38-39-40-41-42-43-44-45-47-49-52-55-58-61-64-67-73(76)79-70-71(69-78-72(75)66-63-60-57-54-51-48-27-24-21-18-15-12-9-6-3)80-74(77)68-65-62-59-56-53-50-46-26-23-20-17-14-11-8-5-2/h7-8,10-11,15-20,24-28,30-31,33-34,36-37,39-40,42-43,45-47,71H,4-6,9,12-14,21-23,29,32,35,38,41,44,48-70H2,1-3H3/b10-7-,11-8-,18-15-,19-16-,20-17-,27-24-,28-25-,31-30-,34-33-,37-36-,40-39-,43-42-,46-26-,47-45-. The summed E-state index contributed by atoms with van der Waals surface area (Å²) in [5.41, 5.74) is 0. The lowest BCUT2D eigenvalue weighted by atomic mass is 10.1. The molecule has 0 aromatic heterocycles. The van der Waals surface area contributed by atoms with Crippen LogP contribution in [0.2, 0.25) is 0 Å². The van der Waals surface area contributed by atoms with Crippen LogP contribution in [-0.2, 0) is 28.6 Å². The summed E-state index contributed by atoms with van der Waals surface area (Å²) >= 11 is 0. The van der Waals surface area contributed by atoms with Crippen molar-refractivity contribution in [3.05, 3.63) is 170 Å². The lowest BCUT2D eigenvalue weighted by Crippen LogP contribution is -2.30. The van der Waals surface area contributed by atoms with E-state index in [9.17, 15) is 14.4 Å². The first-order valence-electron chi connectivity index (χ1n) is 32.1. The summed E-state index contributed by atoms with van der Waals surface area (Å²) in [6.07, 6.45) is 97.9. The van der Waals surface area contributed by atoms with Gasteiger partial charge in [0.05, 0.1) is 0 Å². The van der Waals surface area contributed by atoms with Gasteiger partial charge in [0.25, 0.3) is 0 Å². The average molecular weight is 1100 g/mol. The Hall–Kier alpha value is -5.23. The average Bonchev–Trinajstić information content (AvgIpc) is 3.46. The molecule has 0 N–H and O–H groups in total. The highest BCUT2D eigenvalue weighted by atomic mass is 16.6. The minimum atomic E-state index is -0.810. The van der Waals surface area contributed by atoms with Crippen molar-refractivity contribution in [3.63, 3.8) is 0 Å². The Morgan fingerprint density at radius 3 is 0.762 bits per heavy atom. The number of carbonyl (C=O) groups excluding carboxylic acids is 3. The van der Waals surface area contributed by atoms with Crippen LogP contribution in [0.25, 0.3) is 0 Å². The molecule has 0 aliphatic rings. The van der Waals surface area contributed by atoms with E-state index in [-0.39, 0.29) is 31.1 Å². The summed E-state index contributed by atoms with van der Waals surface area (Å²) in [6, 6.07) is 0. The Labute approximate surface area is 492 Å². The van der Waals surface area contributed by atoms with Gasteiger partial charge in [-0.3, -0.25) is 14.4 Å². The molecule has 80 heavy (non-hydrogen) atoms. The van der Waals surface area contributed by atoms with E-state index in [0.29, 0.717) is 19.3 Å². The molecule has 1 atom stereocenters.